The predicted molar refractivity (Wildman–Crippen MR) is 95.2 cm³/mol. The molecule has 0 aromatic heterocycles. The maximum absolute atomic E-state index is 12.1. The van der Waals surface area contributed by atoms with Crippen LogP contribution in [0.5, 0.6) is 0 Å². The van der Waals surface area contributed by atoms with Crippen LogP contribution in [0.1, 0.15) is 19.8 Å². The highest BCUT2D eigenvalue weighted by Gasteiger charge is 2.33. The lowest BCUT2D eigenvalue weighted by Crippen LogP contribution is -2.48. The molecule has 1 unspecified atom stereocenters. The monoisotopic (exact) mass is 344 g/mol. The molecule has 1 atom stereocenters. The van der Waals surface area contributed by atoms with Crippen molar-refractivity contribution < 1.29 is 14.4 Å². The fourth-order valence-electron chi connectivity index (χ4n) is 3.43. The first kappa shape index (κ1) is 17.3. The largest absolute Gasteiger partial charge is 0.369 e. The van der Waals surface area contributed by atoms with Gasteiger partial charge >= 0.3 is 0 Å². The van der Waals surface area contributed by atoms with Gasteiger partial charge in [-0.2, -0.15) is 0 Å². The second-order valence-electron chi connectivity index (χ2n) is 6.55. The second kappa shape index (κ2) is 7.13. The van der Waals surface area contributed by atoms with Gasteiger partial charge in [0.1, 0.15) is 0 Å². The Bertz CT molecular complexity index is 665. The van der Waals surface area contributed by atoms with Gasteiger partial charge in [-0.15, -0.1) is 0 Å². The Morgan fingerprint density at radius 2 is 1.68 bits per heavy atom. The standard InChI is InChI=1S/C18H24N4O3/c1-2-16(23)21-9-7-20(8-10-21)14-3-5-15(6-4-14)22-12-13(18(19)25)11-17(22)24/h3-6,13H,2,7-12H2,1H3,(H2,19,25). The minimum absolute atomic E-state index is 0.0664. The number of amides is 3. The van der Waals surface area contributed by atoms with Crippen molar-refractivity contribution in [2.75, 3.05) is 42.5 Å². The summed E-state index contributed by atoms with van der Waals surface area (Å²) >= 11 is 0. The van der Waals surface area contributed by atoms with E-state index in [-0.39, 0.29) is 18.2 Å². The summed E-state index contributed by atoms with van der Waals surface area (Å²) in [7, 11) is 0. The fourth-order valence-corrected chi connectivity index (χ4v) is 3.43. The third-order valence-electron chi connectivity index (χ3n) is 4.99. The van der Waals surface area contributed by atoms with E-state index >= 15 is 0 Å². The van der Waals surface area contributed by atoms with Crippen LogP contribution in [0.2, 0.25) is 0 Å². The van der Waals surface area contributed by atoms with Gasteiger partial charge in [-0.05, 0) is 24.3 Å². The van der Waals surface area contributed by atoms with Crippen LogP contribution in [0.4, 0.5) is 11.4 Å². The maximum Gasteiger partial charge on any atom is 0.227 e. The zero-order valence-electron chi connectivity index (χ0n) is 14.5. The summed E-state index contributed by atoms with van der Waals surface area (Å²) in [6.07, 6.45) is 0.732. The third-order valence-corrected chi connectivity index (χ3v) is 4.99. The van der Waals surface area contributed by atoms with E-state index < -0.39 is 11.8 Å². The summed E-state index contributed by atoms with van der Waals surface area (Å²) in [5.74, 6) is -0.696. The number of carbonyl (C=O) groups excluding carboxylic acids is 3. The first-order valence-electron chi connectivity index (χ1n) is 8.72. The molecule has 3 amide bonds. The van der Waals surface area contributed by atoms with E-state index in [0.717, 1.165) is 37.6 Å². The van der Waals surface area contributed by atoms with E-state index in [0.29, 0.717) is 13.0 Å². The molecular weight excluding hydrogens is 320 g/mol. The number of nitrogens with two attached hydrogens (primary N) is 1. The van der Waals surface area contributed by atoms with Gasteiger partial charge in [-0.1, -0.05) is 6.92 Å². The number of anilines is 2. The number of carbonyl (C=O) groups is 3. The molecule has 2 aliphatic heterocycles. The average molecular weight is 344 g/mol. The van der Waals surface area contributed by atoms with Crippen LogP contribution in [0.3, 0.4) is 0 Å². The molecule has 2 heterocycles. The Balaban J connectivity index is 1.63. The molecule has 2 saturated heterocycles. The number of hydrogen-bond donors (Lipinski definition) is 1. The minimum atomic E-state index is -0.424. The zero-order chi connectivity index (χ0) is 18.0. The topological polar surface area (TPSA) is 86.9 Å². The lowest BCUT2D eigenvalue weighted by molar-refractivity contribution is -0.131. The summed E-state index contributed by atoms with van der Waals surface area (Å²) in [5, 5.41) is 0. The summed E-state index contributed by atoms with van der Waals surface area (Å²) in [6.45, 7) is 5.31. The molecule has 0 bridgehead atoms. The molecule has 3 rings (SSSR count). The molecule has 0 saturated carbocycles. The van der Waals surface area contributed by atoms with Gasteiger partial charge < -0.3 is 20.4 Å². The number of hydrogen-bond acceptors (Lipinski definition) is 4. The Hall–Kier alpha value is -2.57. The van der Waals surface area contributed by atoms with Gasteiger partial charge in [-0.3, -0.25) is 14.4 Å². The predicted octanol–water partition coefficient (Wildman–Crippen LogP) is 0.583. The number of benzene rings is 1. The second-order valence-corrected chi connectivity index (χ2v) is 6.55. The number of nitrogens with zero attached hydrogens (tertiary/aromatic N) is 3. The lowest BCUT2D eigenvalue weighted by Gasteiger charge is -2.36. The average Bonchev–Trinajstić information content (AvgIpc) is 3.03. The first-order chi connectivity index (χ1) is 12.0. The van der Waals surface area contributed by atoms with Crippen molar-refractivity contribution >= 4 is 29.1 Å². The molecule has 1 aromatic rings. The van der Waals surface area contributed by atoms with E-state index in [1.807, 2.05) is 36.1 Å². The third kappa shape index (κ3) is 3.60. The number of primary amides is 1. The Morgan fingerprint density at radius 3 is 2.20 bits per heavy atom. The van der Waals surface area contributed by atoms with Crippen LogP contribution in [0.25, 0.3) is 0 Å². The van der Waals surface area contributed by atoms with Crippen molar-refractivity contribution in [3.63, 3.8) is 0 Å². The van der Waals surface area contributed by atoms with Crippen molar-refractivity contribution in [2.24, 2.45) is 11.7 Å². The normalized spacial score (nSPS) is 20.9. The molecule has 0 radical (unpaired) electrons. The molecule has 2 fully saturated rings. The summed E-state index contributed by atoms with van der Waals surface area (Å²) < 4.78 is 0. The minimum Gasteiger partial charge on any atom is -0.369 e. The van der Waals surface area contributed by atoms with E-state index in [9.17, 15) is 14.4 Å². The Morgan fingerprint density at radius 1 is 1.08 bits per heavy atom. The van der Waals surface area contributed by atoms with E-state index in [1.54, 1.807) is 4.90 Å². The lowest BCUT2D eigenvalue weighted by atomic mass is 10.1. The fraction of sp³-hybridized carbons (Fsp3) is 0.500. The number of rotatable bonds is 4. The highest BCUT2D eigenvalue weighted by Crippen LogP contribution is 2.27. The van der Waals surface area contributed by atoms with Crippen LogP contribution in [-0.4, -0.2) is 55.3 Å². The van der Waals surface area contributed by atoms with Crippen molar-refractivity contribution in [2.45, 2.75) is 19.8 Å². The van der Waals surface area contributed by atoms with Gasteiger partial charge in [0.05, 0.1) is 5.92 Å². The summed E-state index contributed by atoms with van der Waals surface area (Å²) in [6, 6.07) is 7.77. The quantitative estimate of drug-likeness (QED) is 0.866. The number of piperazine rings is 1. The van der Waals surface area contributed by atoms with E-state index in [2.05, 4.69) is 4.90 Å². The molecular formula is C18H24N4O3. The van der Waals surface area contributed by atoms with E-state index in [4.69, 9.17) is 5.73 Å². The molecule has 0 spiro atoms. The molecule has 134 valence electrons. The zero-order valence-corrected chi connectivity index (χ0v) is 14.5. The molecule has 2 N–H and O–H groups in total. The van der Waals surface area contributed by atoms with Crippen molar-refractivity contribution in [3.05, 3.63) is 24.3 Å². The van der Waals surface area contributed by atoms with Gasteiger partial charge in [0.25, 0.3) is 0 Å². The Kier molecular flexibility index (Phi) is 4.92. The first-order valence-corrected chi connectivity index (χ1v) is 8.72. The van der Waals surface area contributed by atoms with Gasteiger partial charge in [-0.25, -0.2) is 0 Å². The summed E-state index contributed by atoms with van der Waals surface area (Å²) in [5.41, 5.74) is 7.18. The molecule has 2 aliphatic rings. The highest BCUT2D eigenvalue weighted by atomic mass is 16.2. The van der Waals surface area contributed by atoms with Crippen LogP contribution in [0, 0.1) is 5.92 Å². The molecule has 7 nitrogen and oxygen atoms in total. The van der Waals surface area contributed by atoms with Crippen molar-refractivity contribution in [1.82, 2.24) is 4.90 Å². The molecule has 0 aliphatic carbocycles. The van der Waals surface area contributed by atoms with Crippen LogP contribution < -0.4 is 15.5 Å². The maximum atomic E-state index is 12.1. The Labute approximate surface area is 147 Å². The van der Waals surface area contributed by atoms with Gasteiger partial charge in [0.2, 0.25) is 17.7 Å². The SMILES string of the molecule is CCC(=O)N1CCN(c2ccc(N3CC(C(N)=O)CC3=O)cc2)CC1. The molecule has 25 heavy (non-hydrogen) atoms. The van der Waals surface area contributed by atoms with Gasteiger partial charge in [0, 0.05) is 56.9 Å². The smallest absolute Gasteiger partial charge is 0.227 e. The van der Waals surface area contributed by atoms with Crippen LogP contribution >= 0.6 is 0 Å². The molecule has 7 heteroatoms. The van der Waals surface area contributed by atoms with Crippen LogP contribution in [-0.2, 0) is 14.4 Å². The van der Waals surface area contributed by atoms with Crippen molar-refractivity contribution in [3.8, 4) is 0 Å². The highest BCUT2D eigenvalue weighted by molar-refractivity contribution is 6.00. The van der Waals surface area contributed by atoms with Gasteiger partial charge in [0.15, 0.2) is 0 Å². The summed E-state index contributed by atoms with van der Waals surface area (Å²) in [4.78, 5) is 40.9. The molecule has 1 aromatic carbocycles. The van der Waals surface area contributed by atoms with Crippen molar-refractivity contribution in [1.29, 1.82) is 0 Å². The van der Waals surface area contributed by atoms with E-state index in [1.165, 1.54) is 0 Å². The van der Waals surface area contributed by atoms with Crippen LogP contribution in [0.15, 0.2) is 24.3 Å².